The van der Waals surface area contributed by atoms with Crippen molar-refractivity contribution in [3.63, 3.8) is 0 Å². The molecule has 6 nitrogen and oxygen atoms in total. The van der Waals surface area contributed by atoms with E-state index in [1.54, 1.807) is 38.5 Å². The van der Waals surface area contributed by atoms with Crippen molar-refractivity contribution in [2.45, 2.75) is 0 Å². The molecule has 1 N–H and O–H groups in total. The quantitative estimate of drug-likeness (QED) is 0.549. The Kier molecular flexibility index (Phi) is 6.60. The standard InChI is InChI=1S/C12H17NO5/c1-15-7-8-18-13-12(14)9-17-11-5-3-10(16-2)4-6-11/h3-6H,7-9H2,1-2H3,(H,13,14). The molecule has 0 unspecified atom stereocenters. The van der Waals surface area contributed by atoms with Gasteiger partial charge in [-0.05, 0) is 24.3 Å². The SMILES string of the molecule is COCCONC(=O)COc1ccc(OC)cc1. The van der Waals surface area contributed by atoms with Crippen LogP contribution in [-0.2, 0) is 14.4 Å². The molecule has 0 radical (unpaired) electrons. The van der Waals surface area contributed by atoms with Crippen molar-refractivity contribution in [2.75, 3.05) is 34.0 Å². The van der Waals surface area contributed by atoms with Gasteiger partial charge in [0.05, 0.1) is 20.3 Å². The summed E-state index contributed by atoms with van der Waals surface area (Å²) in [5.41, 5.74) is 2.24. The highest BCUT2D eigenvalue weighted by molar-refractivity contribution is 5.76. The van der Waals surface area contributed by atoms with Crippen LogP contribution in [0.1, 0.15) is 0 Å². The molecular weight excluding hydrogens is 238 g/mol. The Balaban J connectivity index is 2.20. The van der Waals surface area contributed by atoms with Crippen LogP contribution >= 0.6 is 0 Å². The second-order valence-electron chi connectivity index (χ2n) is 3.33. The molecule has 0 fully saturated rings. The monoisotopic (exact) mass is 255 g/mol. The number of ether oxygens (including phenoxy) is 3. The molecule has 0 saturated carbocycles. The van der Waals surface area contributed by atoms with Crippen molar-refractivity contribution < 1.29 is 23.8 Å². The molecule has 18 heavy (non-hydrogen) atoms. The summed E-state index contributed by atoms with van der Waals surface area (Å²) >= 11 is 0. The number of hydroxylamine groups is 1. The molecule has 100 valence electrons. The highest BCUT2D eigenvalue weighted by Crippen LogP contribution is 2.16. The van der Waals surface area contributed by atoms with E-state index in [0.29, 0.717) is 19.0 Å². The van der Waals surface area contributed by atoms with E-state index >= 15 is 0 Å². The van der Waals surface area contributed by atoms with Crippen LogP contribution in [0.15, 0.2) is 24.3 Å². The van der Waals surface area contributed by atoms with E-state index in [4.69, 9.17) is 19.0 Å². The van der Waals surface area contributed by atoms with E-state index in [9.17, 15) is 4.79 Å². The lowest BCUT2D eigenvalue weighted by Crippen LogP contribution is -2.30. The second-order valence-corrected chi connectivity index (χ2v) is 3.33. The third kappa shape index (κ3) is 5.51. The Bertz CT molecular complexity index is 352. The van der Waals surface area contributed by atoms with Crippen LogP contribution in [-0.4, -0.2) is 39.9 Å². The first-order chi connectivity index (χ1) is 8.76. The van der Waals surface area contributed by atoms with Crippen molar-refractivity contribution in [2.24, 2.45) is 0 Å². The molecule has 0 saturated heterocycles. The fourth-order valence-electron chi connectivity index (χ4n) is 1.11. The highest BCUT2D eigenvalue weighted by atomic mass is 16.7. The van der Waals surface area contributed by atoms with Crippen molar-refractivity contribution in [1.29, 1.82) is 0 Å². The van der Waals surface area contributed by atoms with Gasteiger partial charge < -0.3 is 14.2 Å². The van der Waals surface area contributed by atoms with Crippen molar-refractivity contribution >= 4 is 5.91 Å². The molecule has 6 heteroatoms. The predicted octanol–water partition coefficient (Wildman–Crippen LogP) is 0.768. The van der Waals surface area contributed by atoms with Gasteiger partial charge in [0.25, 0.3) is 5.91 Å². The summed E-state index contributed by atoms with van der Waals surface area (Å²) in [6, 6.07) is 6.94. The highest BCUT2D eigenvalue weighted by Gasteiger charge is 2.02. The van der Waals surface area contributed by atoms with Gasteiger partial charge in [0.1, 0.15) is 11.5 Å². The number of hydrogen-bond acceptors (Lipinski definition) is 5. The largest absolute Gasteiger partial charge is 0.497 e. The van der Waals surface area contributed by atoms with Crippen LogP contribution in [0.2, 0.25) is 0 Å². The average molecular weight is 255 g/mol. The number of rotatable bonds is 8. The lowest BCUT2D eigenvalue weighted by atomic mass is 10.3. The van der Waals surface area contributed by atoms with Gasteiger partial charge >= 0.3 is 0 Å². The molecule has 0 atom stereocenters. The second kappa shape index (κ2) is 8.32. The zero-order valence-corrected chi connectivity index (χ0v) is 10.5. The Morgan fingerprint density at radius 2 is 1.78 bits per heavy atom. The van der Waals surface area contributed by atoms with Crippen LogP contribution in [0.5, 0.6) is 11.5 Å². The van der Waals surface area contributed by atoms with Crippen molar-refractivity contribution in [1.82, 2.24) is 5.48 Å². The fourth-order valence-corrected chi connectivity index (χ4v) is 1.11. The van der Waals surface area contributed by atoms with Crippen LogP contribution in [0.3, 0.4) is 0 Å². The summed E-state index contributed by atoms with van der Waals surface area (Å²) < 4.78 is 15.0. The maximum absolute atomic E-state index is 11.3. The number of carbonyl (C=O) groups is 1. The number of methoxy groups -OCH3 is 2. The zero-order valence-electron chi connectivity index (χ0n) is 10.5. The van der Waals surface area contributed by atoms with E-state index < -0.39 is 0 Å². The number of carbonyl (C=O) groups excluding carboxylic acids is 1. The zero-order chi connectivity index (χ0) is 13.2. The Labute approximate surface area is 106 Å². The number of hydrogen-bond donors (Lipinski definition) is 1. The smallest absolute Gasteiger partial charge is 0.281 e. The minimum Gasteiger partial charge on any atom is -0.497 e. The lowest BCUT2D eigenvalue weighted by molar-refractivity contribution is -0.136. The molecule has 1 amide bonds. The third-order valence-electron chi connectivity index (χ3n) is 2.00. The summed E-state index contributed by atoms with van der Waals surface area (Å²) in [6.45, 7) is 0.601. The molecule has 0 heterocycles. The average Bonchev–Trinajstić information content (AvgIpc) is 2.42. The molecular formula is C12H17NO5. The number of nitrogens with one attached hydrogen (secondary N) is 1. The summed E-state index contributed by atoms with van der Waals surface area (Å²) in [7, 11) is 3.14. The summed E-state index contributed by atoms with van der Waals surface area (Å²) in [5, 5.41) is 0. The minimum absolute atomic E-state index is 0.112. The van der Waals surface area contributed by atoms with Gasteiger partial charge in [-0.1, -0.05) is 0 Å². The van der Waals surface area contributed by atoms with Gasteiger partial charge in [0.2, 0.25) is 0 Å². The maximum Gasteiger partial charge on any atom is 0.281 e. The third-order valence-corrected chi connectivity index (χ3v) is 2.00. The molecule has 0 aliphatic heterocycles. The first-order valence-corrected chi connectivity index (χ1v) is 5.42. The Morgan fingerprint density at radius 1 is 1.11 bits per heavy atom. The van der Waals surface area contributed by atoms with E-state index in [1.807, 2.05) is 0 Å². The van der Waals surface area contributed by atoms with Gasteiger partial charge in [0, 0.05) is 7.11 Å². The van der Waals surface area contributed by atoms with Crippen LogP contribution in [0, 0.1) is 0 Å². The Morgan fingerprint density at radius 3 is 2.39 bits per heavy atom. The summed E-state index contributed by atoms with van der Waals surface area (Å²) in [6.07, 6.45) is 0. The lowest BCUT2D eigenvalue weighted by Gasteiger charge is -2.08. The summed E-state index contributed by atoms with van der Waals surface area (Å²) in [4.78, 5) is 16.1. The first kappa shape index (κ1) is 14.3. The number of benzene rings is 1. The van der Waals surface area contributed by atoms with Crippen LogP contribution < -0.4 is 15.0 Å². The van der Waals surface area contributed by atoms with Gasteiger partial charge in [-0.25, -0.2) is 5.48 Å². The molecule has 1 aromatic rings. The predicted molar refractivity (Wildman–Crippen MR) is 64.5 cm³/mol. The van der Waals surface area contributed by atoms with Crippen LogP contribution in [0.25, 0.3) is 0 Å². The molecule has 1 rings (SSSR count). The van der Waals surface area contributed by atoms with Gasteiger partial charge in [-0.2, -0.15) is 0 Å². The topological polar surface area (TPSA) is 66.0 Å². The molecule has 0 aliphatic carbocycles. The van der Waals surface area contributed by atoms with E-state index in [1.165, 1.54) is 0 Å². The molecule has 0 spiro atoms. The molecule has 0 bridgehead atoms. The molecule has 0 aromatic heterocycles. The Hall–Kier alpha value is -1.79. The molecule has 1 aromatic carbocycles. The van der Waals surface area contributed by atoms with E-state index in [-0.39, 0.29) is 12.5 Å². The van der Waals surface area contributed by atoms with Gasteiger partial charge in [-0.15, -0.1) is 0 Å². The van der Waals surface area contributed by atoms with Crippen LogP contribution in [0.4, 0.5) is 0 Å². The number of amides is 1. The van der Waals surface area contributed by atoms with Gasteiger partial charge in [-0.3, -0.25) is 9.63 Å². The maximum atomic E-state index is 11.3. The normalized spacial score (nSPS) is 9.89. The van der Waals surface area contributed by atoms with Gasteiger partial charge in [0.15, 0.2) is 6.61 Å². The van der Waals surface area contributed by atoms with Crippen molar-refractivity contribution in [3.8, 4) is 11.5 Å². The first-order valence-electron chi connectivity index (χ1n) is 5.42. The van der Waals surface area contributed by atoms with E-state index in [0.717, 1.165) is 5.75 Å². The summed E-state index contributed by atoms with van der Waals surface area (Å²) in [5.74, 6) is 0.958. The van der Waals surface area contributed by atoms with Crippen molar-refractivity contribution in [3.05, 3.63) is 24.3 Å². The molecule has 0 aliphatic rings. The van der Waals surface area contributed by atoms with E-state index in [2.05, 4.69) is 5.48 Å². The minimum atomic E-state index is -0.359. The fraction of sp³-hybridized carbons (Fsp3) is 0.417.